The predicted octanol–water partition coefficient (Wildman–Crippen LogP) is 2.88. The van der Waals surface area contributed by atoms with E-state index in [0.29, 0.717) is 12.0 Å². The van der Waals surface area contributed by atoms with Gasteiger partial charge in [0.2, 0.25) is 0 Å². The zero-order valence-corrected chi connectivity index (χ0v) is 11.8. The van der Waals surface area contributed by atoms with E-state index in [9.17, 15) is 4.79 Å². The molecule has 1 aromatic heterocycles. The number of rotatable bonds is 3. The van der Waals surface area contributed by atoms with E-state index in [4.69, 9.17) is 0 Å². The summed E-state index contributed by atoms with van der Waals surface area (Å²) >= 11 is 0. The Bertz CT molecular complexity index is 496. The van der Waals surface area contributed by atoms with Crippen molar-refractivity contribution >= 4 is 5.82 Å². The Kier molecular flexibility index (Phi) is 3.33. The summed E-state index contributed by atoms with van der Waals surface area (Å²) in [5, 5.41) is 3.47. The van der Waals surface area contributed by atoms with Crippen LogP contribution < -0.4 is 10.9 Å². The highest BCUT2D eigenvalue weighted by molar-refractivity contribution is 5.35. The third-order valence-electron chi connectivity index (χ3n) is 4.25. The van der Waals surface area contributed by atoms with Crippen LogP contribution in [-0.2, 0) is 0 Å². The molecule has 4 heteroatoms. The number of aromatic amines is 1. The second-order valence-electron chi connectivity index (χ2n) is 6.55. The van der Waals surface area contributed by atoms with E-state index in [1.54, 1.807) is 6.07 Å². The minimum absolute atomic E-state index is 0.0312. The van der Waals surface area contributed by atoms with Crippen LogP contribution in [0, 0.1) is 11.8 Å². The van der Waals surface area contributed by atoms with Gasteiger partial charge in [0.1, 0.15) is 11.6 Å². The van der Waals surface area contributed by atoms with Gasteiger partial charge in [-0.05, 0) is 43.9 Å². The second kappa shape index (κ2) is 4.99. The normalized spacial score (nSPS) is 31.2. The quantitative estimate of drug-likeness (QED) is 0.879. The van der Waals surface area contributed by atoms with Crippen LogP contribution in [0.1, 0.15) is 57.7 Å². The number of nitrogens with one attached hydrogen (secondary N) is 2. The van der Waals surface area contributed by atoms with Gasteiger partial charge in [-0.2, -0.15) is 0 Å². The van der Waals surface area contributed by atoms with E-state index in [-0.39, 0.29) is 5.56 Å². The Hall–Kier alpha value is -1.32. The maximum absolute atomic E-state index is 11.7. The summed E-state index contributed by atoms with van der Waals surface area (Å²) in [6.07, 6.45) is 5.98. The average Bonchev–Trinajstić information content (AvgIpc) is 3.09. The van der Waals surface area contributed by atoms with Crippen molar-refractivity contribution < 1.29 is 0 Å². The number of H-pyrrole nitrogens is 1. The number of hydrogen-bond acceptors (Lipinski definition) is 3. The number of nitrogens with zero attached hydrogens (tertiary/aromatic N) is 1. The van der Waals surface area contributed by atoms with E-state index < -0.39 is 0 Å². The topological polar surface area (TPSA) is 57.8 Å². The third-order valence-corrected chi connectivity index (χ3v) is 4.25. The van der Waals surface area contributed by atoms with Gasteiger partial charge in [-0.3, -0.25) is 4.79 Å². The molecule has 1 aromatic rings. The maximum Gasteiger partial charge on any atom is 0.252 e. The summed E-state index contributed by atoms with van der Waals surface area (Å²) < 4.78 is 0. The fourth-order valence-corrected chi connectivity index (χ4v) is 3.37. The van der Waals surface area contributed by atoms with Gasteiger partial charge in [-0.15, -0.1) is 0 Å². The Morgan fingerprint density at radius 3 is 2.53 bits per heavy atom. The first-order valence-corrected chi connectivity index (χ1v) is 7.48. The van der Waals surface area contributed by atoms with Crippen molar-refractivity contribution in [2.45, 2.75) is 57.9 Å². The Balaban J connectivity index is 1.73. The summed E-state index contributed by atoms with van der Waals surface area (Å²) in [6.45, 7) is 4.62. The van der Waals surface area contributed by atoms with Crippen LogP contribution in [0.2, 0.25) is 0 Å². The molecule has 2 unspecified atom stereocenters. The van der Waals surface area contributed by atoms with Crippen molar-refractivity contribution in [1.82, 2.24) is 9.97 Å². The predicted molar refractivity (Wildman–Crippen MR) is 76.4 cm³/mol. The Labute approximate surface area is 114 Å². The molecule has 0 aromatic carbocycles. The molecule has 0 radical (unpaired) electrons. The lowest BCUT2D eigenvalue weighted by atomic mass is 9.80. The van der Waals surface area contributed by atoms with Crippen molar-refractivity contribution in [2.75, 3.05) is 5.32 Å². The van der Waals surface area contributed by atoms with Crippen LogP contribution >= 0.6 is 0 Å². The third kappa shape index (κ3) is 3.17. The first kappa shape index (κ1) is 12.7. The summed E-state index contributed by atoms with van der Waals surface area (Å²) in [5.74, 6) is 3.62. The van der Waals surface area contributed by atoms with E-state index in [2.05, 4.69) is 29.1 Å². The van der Waals surface area contributed by atoms with E-state index in [1.807, 2.05) is 0 Å². The van der Waals surface area contributed by atoms with Crippen molar-refractivity contribution in [1.29, 1.82) is 0 Å². The Morgan fingerprint density at radius 2 is 1.89 bits per heavy atom. The molecule has 0 aliphatic heterocycles. The molecule has 104 valence electrons. The molecule has 4 nitrogen and oxygen atoms in total. The largest absolute Gasteiger partial charge is 0.367 e. The van der Waals surface area contributed by atoms with Gasteiger partial charge in [0.05, 0.1) is 0 Å². The molecule has 2 N–H and O–H groups in total. The van der Waals surface area contributed by atoms with Crippen molar-refractivity contribution in [3.63, 3.8) is 0 Å². The molecule has 2 aliphatic rings. The monoisotopic (exact) mass is 261 g/mol. The first-order valence-electron chi connectivity index (χ1n) is 7.48. The molecule has 3 rings (SSSR count). The van der Waals surface area contributed by atoms with Gasteiger partial charge >= 0.3 is 0 Å². The van der Waals surface area contributed by atoms with Crippen LogP contribution in [0.4, 0.5) is 5.82 Å². The molecule has 0 spiro atoms. The van der Waals surface area contributed by atoms with Crippen LogP contribution in [0.3, 0.4) is 0 Å². The highest BCUT2D eigenvalue weighted by atomic mass is 16.1. The van der Waals surface area contributed by atoms with E-state index >= 15 is 0 Å². The summed E-state index contributed by atoms with van der Waals surface area (Å²) in [7, 11) is 0. The zero-order valence-electron chi connectivity index (χ0n) is 11.8. The fourth-order valence-electron chi connectivity index (χ4n) is 3.37. The van der Waals surface area contributed by atoms with Gasteiger partial charge in [0.25, 0.3) is 5.56 Å². The number of aromatic nitrogens is 2. The number of hydrogen-bond donors (Lipinski definition) is 2. The molecule has 2 aliphatic carbocycles. The summed E-state index contributed by atoms with van der Waals surface area (Å²) in [5.41, 5.74) is -0.0312. The van der Waals surface area contributed by atoms with Gasteiger partial charge in [0.15, 0.2) is 0 Å². The SMILES string of the molecule is CC1CC(C)CC(Nc2cc(=O)[nH]c(C3CC3)n2)C1. The lowest BCUT2D eigenvalue weighted by Gasteiger charge is -2.32. The molecular weight excluding hydrogens is 238 g/mol. The van der Waals surface area contributed by atoms with Crippen LogP contribution in [0.15, 0.2) is 10.9 Å². The van der Waals surface area contributed by atoms with Gasteiger partial charge in [0, 0.05) is 18.0 Å². The molecule has 2 atom stereocenters. The van der Waals surface area contributed by atoms with Gasteiger partial charge < -0.3 is 10.3 Å². The average molecular weight is 261 g/mol. The molecule has 0 amide bonds. The first-order chi connectivity index (χ1) is 9.10. The minimum atomic E-state index is -0.0312. The smallest absolute Gasteiger partial charge is 0.252 e. The Morgan fingerprint density at radius 1 is 1.21 bits per heavy atom. The van der Waals surface area contributed by atoms with Crippen LogP contribution in [-0.4, -0.2) is 16.0 Å². The summed E-state index contributed by atoms with van der Waals surface area (Å²) in [4.78, 5) is 19.1. The summed E-state index contributed by atoms with van der Waals surface area (Å²) in [6, 6.07) is 2.05. The molecule has 2 saturated carbocycles. The molecule has 19 heavy (non-hydrogen) atoms. The minimum Gasteiger partial charge on any atom is -0.367 e. The van der Waals surface area contributed by atoms with E-state index in [0.717, 1.165) is 36.3 Å². The number of anilines is 1. The van der Waals surface area contributed by atoms with Crippen molar-refractivity contribution in [2.24, 2.45) is 11.8 Å². The highest BCUT2D eigenvalue weighted by Gasteiger charge is 2.27. The maximum atomic E-state index is 11.7. The molecule has 2 fully saturated rings. The molecule has 0 bridgehead atoms. The lowest BCUT2D eigenvalue weighted by molar-refractivity contribution is 0.280. The van der Waals surface area contributed by atoms with E-state index in [1.165, 1.54) is 19.3 Å². The standard InChI is InChI=1S/C15H23N3O/c1-9-5-10(2)7-12(6-9)16-13-8-14(19)18-15(17-13)11-3-4-11/h8-12H,3-7H2,1-2H3,(H2,16,17,18,19). The van der Waals surface area contributed by atoms with Gasteiger partial charge in [-0.1, -0.05) is 13.8 Å². The molecular formula is C15H23N3O. The van der Waals surface area contributed by atoms with Gasteiger partial charge in [-0.25, -0.2) is 4.98 Å². The lowest BCUT2D eigenvalue weighted by Crippen LogP contribution is -2.31. The van der Waals surface area contributed by atoms with Crippen molar-refractivity contribution in [3.05, 3.63) is 22.2 Å². The fraction of sp³-hybridized carbons (Fsp3) is 0.733. The molecule has 1 heterocycles. The van der Waals surface area contributed by atoms with Crippen molar-refractivity contribution in [3.8, 4) is 0 Å². The molecule has 0 saturated heterocycles. The van der Waals surface area contributed by atoms with Crippen LogP contribution in [0.5, 0.6) is 0 Å². The highest BCUT2D eigenvalue weighted by Crippen LogP contribution is 2.38. The van der Waals surface area contributed by atoms with Crippen LogP contribution in [0.25, 0.3) is 0 Å². The second-order valence-corrected chi connectivity index (χ2v) is 6.55. The zero-order chi connectivity index (χ0) is 13.4.